The fourth-order valence-corrected chi connectivity index (χ4v) is 4.50. The minimum Gasteiger partial charge on any atom is -0.341 e. The van der Waals surface area contributed by atoms with E-state index in [9.17, 15) is 4.79 Å². The number of carbonyl (C=O) groups excluding carboxylic acids is 1. The summed E-state index contributed by atoms with van der Waals surface area (Å²) in [5, 5.41) is 8.29. The van der Waals surface area contributed by atoms with Gasteiger partial charge in [-0.15, -0.1) is 0 Å². The summed E-state index contributed by atoms with van der Waals surface area (Å²) in [6.45, 7) is 3.12. The number of rotatable bonds is 5. The van der Waals surface area contributed by atoms with Crippen LogP contribution in [0.15, 0.2) is 47.5 Å². The van der Waals surface area contributed by atoms with Gasteiger partial charge in [0.1, 0.15) is 0 Å². The summed E-state index contributed by atoms with van der Waals surface area (Å²) < 4.78 is 7.37. The summed E-state index contributed by atoms with van der Waals surface area (Å²) in [7, 11) is 2.08. The van der Waals surface area contributed by atoms with Crippen LogP contribution in [0, 0.1) is 5.41 Å². The first-order valence-electron chi connectivity index (χ1n) is 9.81. The van der Waals surface area contributed by atoms with Gasteiger partial charge in [-0.3, -0.25) is 19.4 Å². The van der Waals surface area contributed by atoms with E-state index in [0.29, 0.717) is 24.7 Å². The standard InChI is InChI=1S/C20H23N7O2/c1-25-12-20(13-26(14-20)17(28)5-10-27-9-2-6-22-27)11-16(25)19-23-18(24-29-19)15-3-7-21-8-4-15/h2-4,6-9,16H,5,10-14H2,1H3. The number of carbonyl (C=O) groups is 1. The Bertz CT molecular complexity index is 979. The molecule has 0 radical (unpaired) electrons. The maximum atomic E-state index is 12.5. The van der Waals surface area contributed by atoms with Crippen molar-refractivity contribution in [2.24, 2.45) is 5.41 Å². The smallest absolute Gasteiger partial charge is 0.244 e. The first-order valence-corrected chi connectivity index (χ1v) is 9.81. The van der Waals surface area contributed by atoms with Crippen LogP contribution in [-0.4, -0.2) is 67.3 Å². The Balaban J connectivity index is 1.20. The summed E-state index contributed by atoms with van der Waals surface area (Å²) >= 11 is 0. The molecule has 9 heteroatoms. The van der Waals surface area contributed by atoms with E-state index in [4.69, 9.17) is 4.52 Å². The molecule has 0 saturated carbocycles. The maximum Gasteiger partial charge on any atom is 0.244 e. The van der Waals surface area contributed by atoms with Crippen LogP contribution in [0.1, 0.15) is 24.8 Å². The molecule has 3 aromatic rings. The van der Waals surface area contributed by atoms with Crippen LogP contribution in [0.4, 0.5) is 0 Å². The number of hydrogen-bond donors (Lipinski definition) is 0. The molecule has 0 bridgehead atoms. The van der Waals surface area contributed by atoms with Gasteiger partial charge >= 0.3 is 0 Å². The zero-order chi connectivity index (χ0) is 19.8. The Morgan fingerprint density at radius 1 is 1.24 bits per heavy atom. The second-order valence-corrected chi connectivity index (χ2v) is 8.10. The average Bonchev–Trinajstić information content (AvgIpc) is 3.45. The lowest BCUT2D eigenvalue weighted by Gasteiger charge is -2.48. The lowest BCUT2D eigenvalue weighted by atomic mass is 9.77. The van der Waals surface area contributed by atoms with Crippen molar-refractivity contribution in [1.29, 1.82) is 0 Å². The molecular formula is C20H23N7O2. The van der Waals surface area contributed by atoms with Gasteiger partial charge in [0.2, 0.25) is 17.6 Å². The fraction of sp³-hybridized carbons (Fsp3) is 0.450. The molecule has 2 fully saturated rings. The Hall–Kier alpha value is -3.07. The number of aromatic nitrogens is 5. The third kappa shape index (κ3) is 3.42. The molecule has 1 unspecified atom stereocenters. The van der Waals surface area contributed by atoms with Crippen molar-refractivity contribution in [2.45, 2.75) is 25.4 Å². The number of aryl methyl sites for hydroxylation is 1. The molecule has 1 atom stereocenters. The molecule has 2 aliphatic heterocycles. The Morgan fingerprint density at radius 3 is 2.83 bits per heavy atom. The molecule has 3 aromatic heterocycles. The van der Waals surface area contributed by atoms with E-state index >= 15 is 0 Å². The van der Waals surface area contributed by atoms with Gasteiger partial charge in [0.05, 0.1) is 6.04 Å². The van der Waals surface area contributed by atoms with Gasteiger partial charge in [0, 0.05) is 68.4 Å². The Kier molecular flexibility index (Phi) is 4.39. The van der Waals surface area contributed by atoms with E-state index in [0.717, 1.165) is 31.6 Å². The normalized spacial score (nSPS) is 20.9. The number of pyridine rings is 1. The van der Waals surface area contributed by atoms with Crippen molar-refractivity contribution < 1.29 is 9.32 Å². The van der Waals surface area contributed by atoms with Crippen LogP contribution < -0.4 is 0 Å². The first-order chi connectivity index (χ1) is 14.1. The molecule has 5 rings (SSSR count). The number of hydrogen-bond acceptors (Lipinski definition) is 7. The summed E-state index contributed by atoms with van der Waals surface area (Å²) in [4.78, 5) is 25.3. The van der Waals surface area contributed by atoms with Crippen LogP contribution in [0.25, 0.3) is 11.4 Å². The number of likely N-dealkylation sites (tertiary alicyclic amines) is 2. The van der Waals surface area contributed by atoms with E-state index in [1.54, 1.807) is 23.3 Å². The van der Waals surface area contributed by atoms with E-state index in [-0.39, 0.29) is 17.4 Å². The van der Waals surface area contributed by atoms with E-state index in [1.807, 2.05) is 29.3 Å². The third-order valence-electron chi connectivity index (χ3n) is 5.93. The topological polar surface area (TPSA) is 93.2 Å². The first kappa shape index (κ1) is 18.0. The molecular weight excluding hydrogens is 370 g/mol. The molecule has 1 spiro atoms. The predicted molar refractivity (Wildman–Crippen MR) is 103 cm³/mol. The zero-order valence-electron chi connectivity index (χ0n) is 16.3. The lowest BCUT2D eigenvalue weighted by Crippen LogP contribution is -2.59. The zero-order valence-corrected chi connectivity index (χ0v) is 16.3. The van der Waals surface area contributed by atoms with Gasteiger partial charge in [-0.05, 0) is 31.7 Å². The Labute approximate surface area is 168 Å². The highest BCUT2D eigenvalue weighted by Gasteiger charge is 2.53. The predicted octanol–water partition coefficient (Wildman–Crippen LogP) is 1.62. The van der Waals surface area contributed by atoms with Crippen LogP contribution in [0.2, 0.25) is 0 Å². The van der Waals surface area contributed by atoms with Crippen LogP contribution in [-0.2, 0) is 11.3 Å². The highest BCUT2D eigenvalue weighted by atomic mass is 16.5. The summed E-state index contributed by atoms with van der Waals surface area (Å²) in [6, 6.07) is 5.69. The number of nitrogens with zero attached hydrogens (tertiary/aromatic N) is 7. The SMILES string of the molecule is CN1CC2(CC1c1nc(-c3ccncc3)no1)CN(C(=O)CCn1cccn1)C2. The minimum absolute atomic E-state index is 0.0828. The maximum absolute atomic E-state index is 12.5. The van der Waals surface area contributed by atoms with Crippen LogP contribution in [0.3, 0.4) is 0 Å². The van der Waals surface area contributed by atoms with Crippen molar-refractivity contribution in [1.82, 2.24) is 34.7 Å². The van der Waals surface area contributed by atoms with E-state index in [1.165, 1.54) is 0 Å². The van der Waals surface area contributed by atoms with Gasteiger partial charge in [-0.1, -0.05) is 5.16 Å². The molecule has 29 heavy (non-hydrogen) atoms. The second-order valence-electron chi connectivity index (χ2n) is 8.10. The van der Waals surface area contributed by atoms with Gasteiger partial charge in [-0.25, -0.2) is 0 Å². The van der Waals surface area contributed by atoms with Crippen molar-refractivity contribution in [3.63, 3.8) is 0 Å². The number of amides is 1. The summed E-state index contributed by atoms with van der Waals surface area (Å²) in [5.74, 6) is 1.41. The van der Waals surface area contributed by atoms with Crippen molar-refractivity contribution in [2.75, 3.05) is 26.7 Å². The van der Waals surface area contributed by atoms with Crippen molar-refractivity contribution in [3.05, 3.63) is 48.9 Å². The minimum atomic E-state index is 0.0828. The summed E-state index contributed by atoms with van der Waals surface area (Å²) in [6.07, 6.45) is 8.45. The van der Waals surface area contributed by atoms with E-state index in [2.05, 4.69) is 32.2 Å². The monoisotopic (exact) mass is 393 g/mol. The molecule has 5 heterocycles. The third-order valence-corrected chi connectivity index (χ3v) is 5.93. The van der Waals surface area contributed by atoms with Gasteiger partial charge in [-0.2, -0.15) is 10.1 Å². The molecule has 0 aliphatic carbocycles. The second kappa shape index (κ2) is 7.07. The fourth-order valence-electron chi connectivity index (χ4n) is 4.50. The highest BCUT2D eigenvalue weighted by molar-refractivity contribution is 5.77. The summed E-state index contributed by atoms with van der Waals surface area (Å²) in [5.41, 5.74) is 1.01. The molecule has 1 amide bonds. The van der Waals surface area contributed by atoms with Gasteiger partial charge in [0.15, 0.2) is 0 Å². The average molecular weight is 393 g/mol. The molecule has 2 aliphatic rings. The van der Waals surface area contributed by atoms with Crippen LogP contribution >= 0.6 is 0 Å². The molecule has 2 saturated heterocycles. The highest BCUT2D eigenvalue weighted by Crippen LogP contribution is 2.47. The molecule has 0 N–H and O–H groups in total. The van der Waals surface area contributed by atoms with Crippen LogP contribution in [0.5, 0.6) is 0 Å². The molecule has 9 nitrogen and oxygen atoms in total. The largest absolute Gasteiger partial charge is 0.341 e. The van der Waals surface area contributed by atoms with Crippen molar-refractivity contribution >= 4 is 5.91 Å². The lowest BCUT2D eigenvalue weighted by molar-refractivity contribution is -0.143. The Morgan fingerprint density at radius 2 is 2.07 bits per heavy atom. The molecule has 150 valence electrons. The van der Waals surface area contributed by atoms with Gasteiger partial charge < -0.3 is 9.42 Å². The molecule has 0 aromatic carbocycles. The van der Waals surface area contributed by atoms with E-state index < -0.39 is 0 Å². The van der Waals surface area contributed by atoms with Crippen molar-refractivity contribution in [3.8, 4) is 11.4 Å². The quantitative estimate of drug-likeness (QED) is 0.650. The van der Waals surface area contributed by atoms with Gasteiger partial charge in [0.25, 0.3) is 0 Å².